The van der Waals surface area contributed by atoms with Crippen LogP contribution in [-0.2, 0) is 12.8 Å². The fraction of sp³-hybridized carbons (Fsp3) is 0.294. The van der Waals surface area contributed by atoms with Gasteiger partial charge in [0.2, 0.25) is 0 Å². The number of pyridine rings is 1. The van der Waals surface area contributed by atoms with Crippen LogP contribution in [0.15, 0.2) is 36.7 Å². The Balaban J connectivity index is 1.87. The van der Waals surface area contributed by atoms with E-state index in [-0.39, 0.29) is 6.04 Å². The average Bonchev–Trinajstić information content (AvgIpc) is 2.96. The number of ether oxygens (including phenoxy) is 1. The molecule has 1 aliphatic carbocycles. The van der Waals surface area contributed by atoms with Crippen molar-refractivity contribution in [3.63, 3.8) is 0 Å². The van der Waals surface area contributed by atoms with Crippen LogP contribution in [0.25, 0.3) is 16.6 Å². The molecule has 2 aromatic heterocycles. The van der Waals surface area contributed by atoms with Crippen LogP contribution in [-0.4, -0.2) is 27.9 Å². The van der Waals surface area contributed by atoms with Crippen molar-refractivity contribution in [2.75, 3.05) is 7.11 Å². The van der Waals surface area contributed by atoms with Gasteiger partial charge in [-0.1, -0.05) is 0 Å². The van der Waals surface area contributed by atoms with Crippen molar-refractivity contribution in [1.82, 2.24) is 14.8 Å². The molecule has 0 bridgehead atoms. The van der Waals surface area contributed by atoms with E-state index in [1.165, 1.54) is 5.56 Å². The van der Waals surface area contributed by atoms with Gasteiger partial charge >= 0.3 is 0 Å². The molecule has 0 aliphatic heterocycles. The molecule has 0 fully saturated rings. The third-order valence-electron chi connectivity index (χ3n) is 4.28. The Morgan fingerprint density at radius 2 is 2.23 bits per heavy atom. The molecule has 22 heavy (non-hydrogen) atoms. The number of aromatic nitrogens is 3. The summed E-state index contributed by atoms with van der Waals surface area (Å²) in [4.78, 5) is 4.42. The number of nitrogens with two attached hydrogens (primary N) is 1. The minimum atomic E-state index is 0.249. The second-order valence-electron chi connectivity index (χ2n) is 5.76. The molecule has 0 radical (unpaired) electrons. The van der Waals surface area contributed by atoms with E-state index in [1.807, 2.05) is 35.1 Å². The molecule has 4 rings (SSSR count). The molecule has 0 spiro atoms. The zero-order valence-corrected chi connectivity index (χ0v) is 12.5. The summed E-state index contributed by atoms with van der Waals surface area (Å²) in [5.41, 5.74) is 10.4. The van der Waals surface area contributed by atoms with E-state index < -0.39 is 0 Å². The summed E-state index contributed by atoms with van der Waals surface area (Å²) in [6.07, 6.45) is 6.78. The molecule has 2 N–H and O–H groups in total. The van der Waals surface area contributed by atoms with E-state index in [1.54, 1.807) is 7.11 Å². The number of benzene rings is 1. The van der Waals surface area contributed by atoms with Crippen LogP contribution in [0.3, 0.4) is 0 Å². The first-order valence-corrected chi connectivity index (χ1v) is 7.51. The van der Waals surface area contributed by atoms with E-state index in [2.05, 4.69) is 11.2 Å². The van der Waals surface area contributed by atoms with Gasteiger partial charge in [0.15, 0.2) is 0 Å². The number of hydrogen-bond acceptors (Lipinski definition) is 4. The quantitative estimate of drug-likeness (QED) is 0.787. The first kappa shape index (κ1) is 13.3. The third-order valence-corrected chi connectivity index (χ3v) is 4.28. The molecule has 0 saturated heterocycles. The molecule has 1 aromatic carbocycles. The lowest BCUT2D eigenvalue weighted by Crippen LogP contribution is -2.27. The number of hydrogen-bond donors (Lipinski definition) is 1. The van der Waals surface area contributed by atoms with Crippen molar-refractivity contribution in [2.45, 2.75) is 25.3 Å². The molecular formula is C17H18N4O. The molecule has 1 aliphatic rings. The fourth-order valence-corrected chi connectivity index (χ4v) is 3.09. The Morgan fingerprint density at radius 3 is 3.09 bits per heavy atom. The standard InChI is InChI=1S/C17H18N4O/c1-22-13-3-5-16-14(9-13)17(6-7-19-16)21-10-11-8-12(18)2-4-15(11)20-21/h3,5-7,9-10,12H,2,4,8,18H2,1H3. The van der Waals surface area contributed by atoms with Gasteiger partial charge in [0.05, 0.1) is 24.0 Å². The molecule has 5 nitrogen and oxygen atoms in total. The Labute approximate surface area is 128 Å². The lowest BCUT2D eigenvalue weighted by Gasteiger charge is -2.15. The Kier molecular flexibility index (Phi) is 3.08. The van der Waals surface area contributed by atoms with Gasteiger partial charge in [-0.05, 0) is 49.1 Å². The molecule has 0 amide bonds. The summed E-state index contributed by atoms with van der Waals surface area (Å²) in [7, 11) is 1.67. The van der Waals surface area contributed by atoms with Crippen molar-refractivity contribution in [3.05, 3.63) is 47.9 Å². The van der Waals surface area contributed by atoms with Gasteiger partial charge in [0.1, 0.15) is 5.75 Å². The predicted molar refractivity (Wildman–Crippen MR) is 85.4 cm³/mol. The van der Waals surface area contributed by atoms with Gasteiger partial charge in [0.25, 0.3) is 0 Å². The van der Waals surface area contributed by atoms with Crippen molar-refractivity contribution in [1.29, 1.82) is 0 Å². The van der Waals surface area contributed by atoms with E-state index in [4.69, 9.17) is 15.6 Å². The molecule has 2 heterocycles. The largest absolute Gasteiger partial charge is 0.497 e. The number of rotatable bonds is 2. The van der Waals surface area contributed by atoms with Gasteiger partial charge in [-0.15, -0.1) is 0 Å². The van der Waals surface area contributed by atoms with Gasteiger partial charge in [0, 0.05) is 23.8 Å². The Bertz CT molecular complexity index is 840. The van der Waals surface area contributed by atoms with Crippen molar-refractivity contribution < 1.29 is 4.74 Å². The summed E-state index contributed by atoms with van der Waals surface area (Å²) in [6, 6.07) is 8.13. The highest BCUT2D eigenvalue weighted by molar-refractivity contribution is 5.88. The molecular weight excluding hydrogens is 276 g/mol. The number of methoxy groups -OCH3 is 1. The van der Waals surface area contributed by atoms with Crippen molar-refractivity contribution >= 4 is 10.9 Å². The van der Waals surface area contributed by atoms with Crippen LogP contribution >= 0.6 is 0 Å². The van der Waals surface area contributed by atoms with E-state index in [0.29, 0.717) is 0 Å². The summed E-state index contributed by atoms with van der Waals surface area (Å²) < 4.78 is 7.29. The normalized spacial score (nSPS) is 17.5. The molecule has 5 heteroatoms. The maximum absolute atomic E-state index is 6.06. The maximum Gasteiger partial charge on any atom is 0.119 e. The number of nitrogens with zero attached hydrogens (tertiary/aromatic N) is 3. The van der Waals surface area contributed by atoms with Crippen LogP contribution in [0.2, 0.25) is 0 Å². The van der Waals surface area contributed by atoms with Crippen LogP contribution in [0.5, 0.6) is 5.75 Å². The SMILES string of the molecule is COc1ccc2nccc(-n3cc4c(n3)CCC(N)C4)c2c1. The Morgan fingerprint density at radius 1 is 1.32 bits per heavy atom. The number of fused-ring (bicyclic) bond motifs is 2. The highest BCUT2D eigenvalue weighted by Gasteiger charge is 2.19. The van der Waals surface area contributed by atoms with E-state index >= 15 is 0 Å². The van der Waals surface area contributed by atoms with E-state index in [0.717, 1.165) is 47.3 Å². The van der Waals surface area contributed by atoms with Gasteiger partial charge in [-0.3, -0.25) is 4.98 Å². The van der Waals surface area contributed by atoms with Crippen LogP contribution in [0.1, 0.15) is 17.7 Å². The lowest BCUT2D eigenvalue weighted by molar-refractivity contribution is 0.415. The molecule has 3 aromatic rings. The van der Waals surface area contributed by atoms with Crippen LogP contribution in [0.4, 0.5) is 0 Å². The fourth-order valence-electron chi connectivity index (χ4n) is 3.09. The average molecular weight is 294 g/mol. The summed E-state index contributed by atoms with van der Waals surface area (Å²) >= 11 is 0. The monoisotopic (exact) mass is 294 g/mol. The van der Waals surface area contributed by atoms with Crippen molar-refractivity contribution in [3.8, 4) is 11.4 Å². The molecule has 1 atom stereocenters. The summed E-state index contributed by atoms with van der Waals surface area (Å²) in [5, 5.41) is 5.79. The van der Waals surface area contributed by atoms with Gasteiger partial charge in [-0.25, -0.2) is 4.68 Å². The zero-order chi connectivity index (χ0) is 15.1. The molecule has 0 saturated carbocycles. The maximum atomic E-state index is 6.06. The molecule has 1 unspecified atom stereocenters. The second kappa shape index (κ2) is 5.10. The van der Waals surface area contributed by atoms with Crippen LogP contribution in [0, 0.1) is 0 Å². The van der Waals surface area contributed by atoms with Gasteiger partial charge in [-0.2, -0.15) is 5.10 Å². The zero-order valence-electron chi connectivity index (χ0n) is 12.5. The first-order valence-electron chi connectivity index (χ1n) is 7.51. The minimum absolute atomic E-state index is 0.249. The topological polar surface area (TPSA) is 66.0 Å². The number of aryl methyl sites for hydroxylation is 1. The molecule has 112 valence electrons. The highest BCUT2D eigenvalue weighted by Crippen LogP contribution is 2.27. The van der Waals surface area contributed by atoms with Gasteiger partial charge < -0.3 is 10.5 Å². The van der Waals surface area contributed by atoms with Crippen molar-refractivity contribution in [2.24, 2.45) is 5.73 Å². The third kappa shape index (κ3) is 2.14. The second-order valence-corrected chi connectivity index (χ2v) is 5.76. The Hall–Kier alpha value is -2.40. The van der Waals surface area contributed by atoms with Crippen LogP contribution < -0.4 is 10.5 Å². The smallest absolute Gasteiger partial charge is 0.119 e. The minimum Gasteiger partial charge on any atom is -0.497 e. The summed E-state index contributed by atoms with van der Waals surface area (Å²) in [5.74, 6) is 0.820. The first-order chi connectivity index (χ1) is 10.7. The summed E-state index contributed by atoms with van der Waals surface area (Å²) in [6.45, 7) is 0. The highest BCUT2D eigenvalue weighted by atomic mass is 16.5. The van der Waals surface area contributed by atoms with E-state index in [9.17, 15) is 0 Å². The lowest BCUT2D eigenvalue weighted by atomic mass is 9.94. The predicted octanol–water partition coefficient (Wildman–Crippen LogP) is 2.25.